The van der Waals surface area contributed by atoms with Crippen molar-refractivity contribution in [3.63, 3.8) is 0 Å². The van der Waals surface area contributed by atoms with E-state index in [1.165, 1.54) is 37.6 Å². The highest BCUT2D eigenvalue weighted by molar-refractivity contribution is 7.93. The maximum atomic E-state index is 13.6. The van der Waals surface area contributed by atoms with Crippen LogP contribution in [-0.2, 0) is 10.0 Å². The van der Waals surface area contributed by atoms with Crippen molar-refractivity contribution in [3.8, 4) is 17.2 Å². The summed E-state index contributed by atoms with van der Waals surface area (Å²) < 4.78 is 44.2. The average Bonchev–Trinajstić information content (AvgIpc) is 3.37. The molecule has 28 heavy (non-hydrogen) atoms. The van der Waals surface area contributed by atoms with Crippen LogP contribution < -0.4 is 4.31 Å². The smallest absolute Gasteiger partial charge is 0.265 e. The monoisotopic (exact) mass is 413 g/mol. The van der Waals surface area contributed by atoms with Gasteiger partial charge in [0.25, 0.3) is 10.0 Å². The largest absolute Gasteiger partial charge is 0.361 e. The molecule has 0 amide bonds. The quantitative estimate of drug-likeness (QED) is 0.551. The second-order valence-corrected chi connectivity index (χ2v) is 8.64. The van der Waals surface area contributed by atoms with Crippen molar-refractivity contribution < 1.29 is 12.8 Å². The van der Waals surface area contributed by atoms with Crippen LogP contribution in [0.5, 0.6) is 0 Å². The fourth-order valence-corrected chi connectivity index (χ4v) is 4.72. The molecule has 4 rings (SSSR count). The minimum Gasteiger partial charge on any atom is -0.361 e. The molecule has 1 N–H and O–H groups in total. The Bertz CT molecular complexity index is 1320. The number of nitrogens with zero attached hydrogens (tertiary/aromatic N) is 4. The lowest BCUT2D eigenvalue weighted by atomic mass is 10.0. The third-order valence-corrected chi connectivity index (χ3v) is 6.93. The van der Waals surface area contributed by atoms with Crippen molar-refractivity contribution in [2.24, 2.45) is 0 Å². The van der Waals surface area contributed by atoms with Gasteiger partial charge in [-0.05, 0) is 29.8 Å². The molecule has 10 heteroatoms. The number of aromatic nitrogens is 3. The summed E-state index contributed by atoms with van der Waals surface area (Å²) in [5, 5.41) is 10.1. The van der Waals surface area contributed by atoms with Crippen LogP contribution in [0, 0.1) is 17.1 Å². The van der Waals surface area contributed by atoms with E-state index >= 15 is 0 Å². The number of halogens is 1. The van der Waals surface area contributed by atoms with E-state index in [1.54, 1.807) is 18.3 Å². The van der Waals surface area contributed by atoms with Crippen molar-refractivity contribution in [1.82, 2.24) is 14.3 Å². The number of benzene rings is 2. The molecule has 2 aromatic carbocycles. The van der Waals surface area contributed by atoms with Crippen LogP contribution >= 0.6 is 11.5 Å². The van der Waals surface area contributed by atoms with E-state index in [-0.39, 0.29) is 15.6 Å². The molecule has 0 saturated carbocycles. The fraction of sp³-hybridized carbons (Fsp3) is 0.0556. The second kappa shape index (κ2) is 6.70. The number of anilines is 1. The Morgan fingerprint density at radius 3 is 2.79 bits per heavy atom. The topological polar surface area (TPSA) is 103 Å². The summed E-state index contributed by atoms with van der Waals surface area (Å²) in [6, 6.07) is 10.8. The Morgan fingerprint density at radius 1 is 1.25 bits per heavy atom. The molecular weight excluding hydrogens is 401 g/mol. The summed E-state index contributed by atoms with van der Waals surface area (Å²) in [6.07, 6.45) is 2.99. The third kappa shape index (κ3) is 2.90. The van der Waals surface area contributed by atoms with Gasteiger partial charge in [0.2, 0.25) is 5.13 Å². The number of hydrogen-bond donors (Lipinski definition) is 1. The molecule has 2 aromatic heterocycles. The van der Waals surface area contributed by atoms with Crippen molar-refractivity contribution >= 4 is 37.6 Å². The van der Waals surface area contributed by atoms with E-state index in [2.05, 4.69) is 14.3 Å². The second-order valence-electron chi connectivity index (χ2n) is 5.91. The molecule has 140 valence electrons. The van der Waals surface area contributed by atoms with Gasteiger partial charge in [0.05, 0.1) is 10.5 Å². The zero-order valence-corrected chi connectivity index (χ0v) is 16.1. The number of rotatable bonds is 4. The SMILES string of the molecule is CN(c1ncns1)S(=O)(=O)c1ccc2c(-c3ccc(F)c(C#N)c3)c[nH]c2c1. The van der Waals surface area contributed by atoms with Gasteiger partial charge in [-0.2, -0.15) is 9.64 Å². The molecule has 0 radical (unpaired) electrons. The number of hydrogen-bond acceptors (Lipinski definition) is 6. The molecule has 0 aliphatic heterocycles. The van der Waals surface area contributed by atoms with Gasteiger partial charge in [0.1, 0.15) is 18.2 Å². The van der Waals surface area contributed by atoms with Crippen molar-refractivity contribution in [1.29, 1.82) is 5.26 Å². The van der Waals surface area contributed by atoms with Gasteiger partial charge in [0.15, 0.2) is 0 Å². The van der Waals surface area contributed by atoms with Gasteiger partial charge in [-0.3, -0.25) is 0 Å². The Labute approximate surface area is 163 Å². The van der Waals surface area contributed by atoms with Crippen LogP contribution in [0.2, 0.25) is 0 Å². The molecule has 7 nitrogen and oxygen atoms in total. The van der Waals surface area contributed by atoms with Gasteiger partial charge in [-0.25, -0.2) is 22.1 Å². The van der Waals surface area contributed by atoms with Crippen LogP contribution in [0.4, 0.5) is 9.52 Å². The number of nitriles is 1. The van der Waals surface area contributed by atoms with Gasteiger partial charge in [0, 0.05) is 41.2 Å². The molecule has 0 unspecified atom stereocenters. The first-order chi connectivity index (χ1) is 13.4. The van der Waals surface area contributed by atoms with Crippen molar-refractivity contribution in [2.45, 2.75) is 4.90 Å². The molecule has 0 aliphatic carbocycles. The number of fused-ring (bicyclic) bond motifs is 1. The van der Waals surface area contributed by atoms with Crippen LogP contribution in [0.15, 0.2) is 53.8 Å². The first-order valence-corrected chi connectivity index (χ1v) is 10.2. The predicted molar refractivity (Wildman–Crippen MR) is 104 cm³/mol. The predicted octanol–water partition coefficient (Wildman–Crippen LogP) is 3.52. The van der Waals surface area contributed by atoms with E-state index < -0.39 is 15.8 Å². The highest BCUT2D eigenvalue weighted by Gasteiger charge is 2.24. The standard InChI is InChI=1S/C18H12FN5O2S2/c1-24(18-22-10-23-27-18)28(25,26)13-3-4-14-15(9-21-17(14)7-13)11-2-5-16(19)12(6-11)8-20/h2-7,9-10,21H,1H3. The third-order valence-electron chi connectivity index (χ3n) is 4.33. The summed E-state index contributed by atoms with van der Waals surface area (Å²) in [6.45, 7) is 0. The van der Waals surface area contributed by atoms with E-state index in [0.29, 0.717) is 11.1 Å². The van der Waals surface area contributed by atoms with E-state index in [1.807, 2.05) is 6.07 Å². The molecule has 0 bridgehead atoms. The Kier molecular flexibility index (Phi) is 4.33. The highest BCUT2D eigenvalue weighted by atomic mass is 32.2. The number of nitrogens with one attached hydrogen (secondary N) is 1. The molecule has 2 heterocycles. The van der Waals surface area contributed by atoms with Crippen LogP contribution in [0.3, 0.4) is 0 Å². The van der Waals surface area contributed by atoms with Gasteiger partial charge < -0.3 is 4.98 Å². The van der Waals surface area contributed by atoms with Crippen LogP contribution in [0.25, 0.3) is 22.0 Å². The molecule has 4 aromatic rings. The minimum atomic E-state index is -3.80. The maximum absolute atomic E-state index is 13.6. The van der Waals surface area contributed by atoms with Crippen LogP contribution in [-0.4, -0.2) is 29.8 Å². The molecule has 0 aliphatic rings. The molecule has 0 spiro atoms. The lowest BCUT2D eigenvalue weighted by Gasteiger charge is -2.15. The summed E-state index contributed by atoms with van der Waals surface area (Å²) in [5.74, 6) is -0.584. The molecule has 0 saturated heterocycles. The normalized spacial score (nSPS) is 11.5. The van der Waals surface area contributed by atoms with Crippen LogP contribution in [0.1, 0.15) is 5.56 Å². The lowest BCUT2D eigenvalue weighted by molar-refractivity contribution is 0.594. The summed E-state index contributed by atoms with van der Waals surface area (Å²) in [5.41, 5.74) is 1.95. The first-order valence-electron chi connectivity index (χ1n) is 7.98. The molecular formula is C18H12FN5O2S2. The number of H-pyrrole nitrogens is 1. The molecule has 0 atom stereocenters. The Morgan fingerprint density at radius 2 is 2.07 bits per heavy atom. The van der Waals surface area contributed by atoms with Gasteiger partial charge >= 0.3 is 0 Å². The van der Waals surface area contributed by atoms with E-state index in [9.17, 15) is 12.8 Å². The zero-order valence-electron chi connectivity index (χ0n) is 14.4. The Balaban J connectivity index is 1.78. The van der Waals surface area contributed by atoms with E-state index in [0.717, 1.165) is 26.8 Å². The maximum Gasteiger partial charge on any atom is 0.265 e. The van der Waals surface area contributed by atoms with E-state index in [4.69, 9.17) is 5.26 Å². The highest BCUT2D eigenvalue weighted by Crippen LogP contribution is 2.32. The number of aromatic amines is 1. The zero-order chi connectivity index (χ0) is 19.9. The summed E-state index contributed by atoms with van der Waals surface area (Å²) in [4.78, 5) is 7.07. The first kappa shape index (κ1) is 18.1. The summed E-state index contributed by atoms with van der Waals surface area (Å²) in [7, 11) is -2.38. The lowest BCUT2D eigenvalue weighted by Crippen LogP contribution is -2.26. The Hall–Kier alpha value is -3.29. The van der Waals surface area contributed by atoms with Crippen molar-refractivity contribution in [3.05, 3.63) is 60.3 Å². The minimum absolute atomic E-state index is 0.0512. The molecule has 0 fully saturated rings. The van der Waals surface area contributed by atoms with Crippen molar-refractivity contribution in [2.75, 3.05) is 11.4 Å². The summed E-state index contributed by atoms with van der Waals surface area (Å²) >= 11 is 0.983. The van der Waals surface area contributed by atoms with Gasteiger partial charge in [-0.1, -0.05) is 12.1 Å². The average molecular weight is 413 g/mol. The number of sulfonamides is 1. The van der Waals surface area contributed by atoms with Gasteiger partial charge in [-0.15, -0.1) is 0 Å². The fourth-order valence-electron chi connectivity index (χ4n) is 2.85.